The van der Waals surface area contributed by atoms with Gasteiger partial charge in [-0.25, -0.2) is 9.78 Å². The molecule has 27 heavy (non-hydrogen) atoms. The number of hydrogen-bond acceptors (Lipinski definition) is 6. The molecule has 0 aliphatic carbocycles. The molecular weight excluding hydrogens is 350 g/mol. The summed E-state index contributed by atoms with van der Waals surface area (Å²) in [7, 11) is 0. The summed E-state index contributed by atoms with van der Waals surface area (Å²) in [5.41, 5.74) is 1.29. The van der Waals surface area contributed by atoms with Crippen LogP contribution >= 0.6 is 0 Å². The molecule has 0 saturated heterocycles. The number of rotatable bonds is 4. The largest absolute Gasteiger partial charge is 0.486 e. The van der Waals surface area contributed by atoms with E-state index in [1.165, 1.54) is 6.92 Å². The van der Waals surface area contributed by atoms with Crippen molar-refractivity contribution in [3.05, 3.63) is 54.5 Å². The van der Waals surface area contributed by atoms with Crippen LogP contribution in [0.5, 0.6) is 11.5 Å². The van der Waals surface area contributed by atoms with Crippen molar-refractivity contribution < 1.29 is 23.8 Å². The van der Waals surface area contributed by atoms with E-state index < -0.39 is 18.0 Å². The molecule has 0 saturated carbocycles. The Morgan fingerprint density at radius 3 is 2.81 bits per heavy atom. The molecule has 0 bridgehead atoms. The Bertz CT molecular complexity index is 981. The lowest BCUT2D eigenvalue weighted by Crippen LogP contribution is -2.30. The topological polar surface area (TPSA) is 91.2 Å². The van der Waals surface area contributed by atoms with Crippen LogP contribution in [0.2, 0.25) is 0 Å². The van der Waals surface area contributed by atoms with Gasteiger partial charge < -0.3 is 23.9 Å². The molecule has 1 aliphatic rings. The first-order valence-electron chi connectivity index (χ1n) is 8.45. The molecule has 8 nitrogen and oxygen atoms in total. The van der Waals surface area contributed by atoms with Crippen molar-refractivity contribution in [3.63, 3.8) is 0 Å². The van der Waals surface area contributed by atoms with E-state index in [1.807, 2.05) is 12.1 Å². The van der Waals surface area contributed by atoms with Crippen molar-refractivity contribution in [2.75, 3.05) is 18.5 Å². The van der Waals surface area contributed by atoms with Gasteiger partial charge in [0.2, 0.25) is 0 Å². The van der Waals surface area contributed by atoms with Crippen LogP contribution in [0.1, 0.15) is 17.4 Å². The molecule has 1 atom stereocenters. The van der Waals surface area contributed by atoms with E-state index in [1.54, 1.807) is 41.1 Å². The smallest absolute Gasteiger partial charge is 0.359 e. The van der Waals surface area contributed by atoms with Gasteiger partial charge in [0.1, 0.15) is 18.9 Å². The zero-order valence-corrected chi connectivity index (χ0v) is 14.5. The van der Waals surface area contributed by atoms with Crippen molar-refractivity contribution in [1.82, 2.24) is 9.38 Å². The summed E-state index contributed by atoms with van der Waals surface area (Å²) in [6, 6.07) is 10.5. The number of nitrogens with zero attached hydrogens (tertiary/aromatic N) is 2. The summed E-state index contributed by atoms with van der Waals surface area (Å²) in [6.07, 6.45) is 2.34. The second-order valence-electron chi connectivity index (χ2n) is 5.99. The zero-order valence-electron chi connectivity index (χ0n) is 14.5. The Hall–Kier alpha value is -3.55. The maximum Gasteiger partial charge on any atom is 0.359 e. The van der Waals surface area contributed by atoms with Crippen LogP contribution in [0.25, 0.3) is 5.65 Å². The predicted molar refractivity (Wildman–Crippen MR) is 96.1 cm³/mol. The summed E-state index contributed by atoms with van der Waals surface area (Å²) in [4.78, 5) is 28.8. The molecule has 1 amide bonds. The van der Waals surface area contributed by atoms with Gasteiger partial charge >= 0.3 is 5.97 Å². The third-order valence-electron chi connectivity index (χ3n) is 4.04. The SMILES string of the molecule is C[C@H](OC(=O)c1cn2ccccc2n1)C(=O)Nc1ccc2c(c1)OCCO2. The van der Waals surface area contributed by atoms with E-state index in [-0.39, 0.29) is 5.69 Å². The van der Waals surface area contributed by atoms with Gasteiger partial charge in [-0.1, -0.05) is 6.07 Å². The van der Waals surface area contributed by atoms with Gasteiger partial charge in [0.15, 0.2) is 23.3 Å². The lowest BCUT2D eigenvalue weighted by atomic mass is 10.2. The fourth-order valence-electron chi connectivity index (χ4n) is 2.67. The van der Waals surface area contributed by atoms with Crippen molar-refractivity contribution in [3.8, 4) is 11.5 Å². The maximum absolute atomic E-state index is 12.3. The molecule has 1 aliphatic heterocycles. The summed E-state index contributed by atoms with van der Waals surface area (Å²) in [5, 5.41) is 2.70. The number of carbonyl (C=O) groups excluding carboxylic acids is 2. The molecule has 1 aromatic carbocycles. The monoisotopic (exact) mass is 367 g/mol. The predicted octanol–water partition coefficient (Wildman–Crippen LogP) is 2.29. The summed E-state index contributed by atoms with van der Waals surface area (Å²) < 4.78 is 17.9. The number of hydrogen-bond donors (Lipinski definition) is 1. The summed E-state index contributed by atoms with van der Waals surface area (Å²) >= 11 is 0. The molecule has 2 aromatic heterocycles. The Kier molecular flexibility index (Phi) is 4.37. The number of amides is 1. The maximum atomic E-state index is 12.3. The van der Waals surface area contributed by atoms with Crippen LogP contribution in [-0.2, 0) is 9.53 Å². The molecule has 0 spiro atoms. The van der Waals surface area contributed by atoms with Crippen LogP contribution in [-0.4, -0.2) is 40.6 Å². The molecule has 1 N–H and O–H groups in total. The van der Waals surface area contributed by atoms with Crippen LogP contribution in [0.15, 0.2) is 48.8 Å². The number of aromatic nitrogens is 2. The van der Waals surface area contributed by atoms with Crippen molar-refractivity contribution in [2.24, 2.45) is 0 Å². The molecule has 8 heteroatoms. The first-order chi connectivity index (χ1) is 13.1. The second kappa shape index (κ2) is 6.99. The normalized spacial score (nSPS) is 13.8. The standard InChI is InChI=1S/C19H17N3O5/c1-12(27-19(24)14-11-22-7-3-2-4-17(22)21-14)18(23)20-13-5-6-15-16(10-13)26-9-8-25-15/h2-7,10-12H,8-9H2,1H3,(H,20,23)/t12-/m0/s1. The Morgan fingerprint density at radius 2 is 2.00 bits per heavy atom. The highest BCUT2D eigenvalue weighted by Gasteiger charge is 2.21. The molecule has 3 aromatic rings. The minimum Gasteiger partial charge on any atom is -0.486 e. The Labute approximate surface area is 154 Å². The third-order valence-corrected chi connectivity index (χ3v) is 4.04. The van der Waals surface area contributed by atoms with E-state index in [4.69, 9.17) is 14.2 Å². The first kappa shape index (κ1) is 16.9. The number of benzene rings is 1. The van der Waals surface area contributed by atoms with Crippen LogP contribution in [0, 0.1) is 0 Å². The molecule has 4 rings (SSSR count). The van der Waals surface area contributed by atoms with E-state index in [2.05, 4.69) is 10.3 Å². The van der Waals surface area contributed by atoms with E-state index in [0.29, 0.717) is 36.0 Å². The number of nitrogens with one attached hydrogen (secondary N) is 1. The van der Waals surface area contributed by atoms with Gasteiger partial charge in [-0.3, -0.25) is 4.79 Å². The van der Waals surface area contributed by atoms with E-state index in [9.17, 15) is 9.59 Å². The number of imidazole rings is 1. The van der Waals surface area contributed by atoms with Crippen LogP contribution < -0.4 is 14.8 Å². The highest BCUT2D eigenvalue weighted by Crippen LogP contribution is 2.32. The Morgan fingerprint density at radius 1 is 1.19 bits per heavy atom. The Balaban J connectivity index is 1.40. The third kappa shape index (κ3) is 3.55. The number of pyridine rings is 1. The number of ether oxygens (including phenoxy) is 3. The highest BCUT2D eigenvalue weighted by molar-refractivity contribution is 5.97. The molecule has 0 fully saturated rings. The lowest BCUT2D eigenvalue weighted by molar-refractivity contribution is -0.123. The van der Waals surface area contributed by atoms with E-state index in [0.717, 1.165) is 0 Å². The van der Waals surface area contributed by atoms with Crippen LogP contribution in [0.3, 0.4) is 0 Å². The van der Waals surface area contributed by atoms with Gasteiger partial charge in [0, 0.05) is 24.1 Å². The fraction of sp³-hybridized carbons (Fsp3) is 0.211. The minimum absolute atomic E-state index is 0.139. The number of esters is 1. The van der Waals surface area contributed by atoms with E-state index >= 15 is 0 Å². The van der Waals surface area contributed by atoms with Crippen molar-refractivity contribution >= 4 is 23.2 Å². The highest BCUT2D eigenvalue weighted by atomic mass is 16.6. The quantitative estimate of drug-likeness (QED) is 0.712. The molecule has 3 heterocycles. The summed E-state index contributed by atoms with van der Waals surface area (Å²) in [6.45, 7) is 2.45. The number of fused-ring (bicyclic) bond motifs is 2. The molecular formula is C19H17N3O5. The van der Waals surface area contributed by atoms with Crippen molar-refractivity contribution in [1.29, 1.82) is 0 Å². The average molecular weight is 367 g/mol. The van der Waals surface area contributed by atoms with Gasteiger partial charge in [0.25, 0.3) is 5.91 Å². The summed E-state index contributed by atoms with van der Waals surface area (Å²) in [5.74, 6) is 0.0753. The average Bonchev–Trinajstić information content (AvgIpc) is 3.12. The van der Waals surface area contributed by atoms with Gasteiger partial charge in [0.05, 0.1) is 0 Å². The van der Waals surface area contributed by atoms with Gasteiger partial charge in [-0.2, -0.15) is 0 Å². The molecule has 138 valence electrons. The minimum atomic E-state index is -0.990. The number of carbonyl (C=O) groups is 2. The second-order valence-corrected chi connectivity index (χ2v) is 5.99. The number of anilines is 1. The van der Waals surface area contributed by atoms with Crippen LogP contribution in [0.4, 0.5) is 5.69 Å². The molecule has 0 radical (unpaired) electrons. The zero-order chi connectivity index (χ0) is 18.8. The van der Waals surface area contributed by atoms with Gasteiger partial charge in [-0.15, -0.1) is 0 Å². The van der Waals surface area contributed by atoms with Crippen molar-refractivity contribution in [2.45, 2.75) is 13.0 Å². The van der Waals surface area contributed by atoms with Gasteiger partial charge in [-0.05, 0) is 31.2 Å². The fourth-order valence-corrected chi connectivity index (χ4v) is 2.67. The first-order valence-corrected chi connectivity index (χ1v) is 8.45. The molecule has 0 unspecified atom stereocenters. The lowest BCUT2D eigenvalue weighted by Gasteiger charge is -2.19.